The summed E-state index contributed by atoms with van der Waals surface area (Å²) in [4.78, 5) is 48.1. The molecule has 0 aromatic carbocycles. The summed E-state index contributed by atoms with van der Waals surface area (Å²) in [6.07, 6.45) is 0.217. The molecule has 0 N–H and O–H groups in total. The van der Waals surface area contributed by atoms with E-state index in [0.29, 0.717) is 5.06 Å². The van der Waals surface area contributed by atoms with Crippen LogP contribution in [0.2, 0.25) is 0 Å². The van der Waals surface area contributed by atoms with E-state index in [1.807, 2.05) is 0 Å². The monoisotopic (exact) mass is 291 g/mol. The van der Waals surface area contributed by atoms with Crippen LogP contribution in [0.25, 0.3) is 0 Å². The number of ketones is 1. The molecule has 0 aromatic rings. The molecule has 0 radical (unpaired) electrons. The lowest BCUT2D eigenvalue weighted by Crippen LogP contribution is -2.37. The van der Waals surface area contributed by atoms with Gasteiger partial charge in [0.05, 0.1) is 0 Å². The number of carbonyl (C=O) groups excluding carboxylic acids is 4. The highest BCUT2D eigenvalue weighted by atomic mass is 79.9. The lowest BCUT2D eigenvalue weighted by atomic mass is 10.2. The van der Waals surface area contributed by atoms with Gasteiger partial charge in [-0.3, -0.25) is 14.4 Å². The van der Waals surface area contributed by atoms with Crippen molar-refractivity contribution in [2.24, 2.45) is 0 Å². The van der Waals surface area contributed by atoms with Gasteiger partial charge in [0.15, 0.2) is 10.6 Å². The first-order valence-electron chi connectivity index (χ1n) is 4.71. The molecule has 1 aliphatic rings. The maximum Gasteiger partial charge on any atom is 0.354 e. The molecule has 0 aliphatic carbocycles. The molecular formula is C9H10BrNO5. The predicted octanol–water partition coefficient (Wildman–Crippen LogP) is 0.336. The van der Waals surface area contributed by atoms with E-state index < -0.39 is 22.6 Å². The average molecular weight is 292 g/mol. The molecular weight excluding hydrogens is 282 g/mol. The van der Waals surface area contributed by atoms with Crippen LogP contribution in [0.15, 0.2) is 0 Å². The molecule has 1 fully saturated rings. The number of Topliss-reactive ketones (excluding diaryl/α,β-unsaturated/α-hetero) is 1. The molecule has 2 amide bonds. The van der Waals surface area contributed by atoms with Gasteiger partial charge in [-0.2, -0.15) is 0 Å². The molecule has 7 heteroatoms. The number of hydroxylamine groups is 2. The Labute approximate surface area is 100.0 Å². The topological polar surface area (TPSA) is 80.8 Å². The van der Waals surface area contributed by atoms with Crippen LogP contribution in [0.5, 0.6) is 0 Å². The smallest absolute Gasteiger partial charge is 0.329 e. The summed E-state index contributed by atoms with van der Waals surface area (Å²) in [5.41, 5.74) is 0. The molecule has 1 rings (SSSR count). The molecule has 0 saturated carbocycles. The van der Waals surface area contributed by atoms with Crippen LogP contribution < -0.4 is 0 Å². The highest BCUT2D eigenvalue weighted by molar-refractivity contribution is 9.10. The van der Waals surface area contributed by atoms with Gasteiger partial charge in [-0.15, -0.1) is 5.06 Å². The summed E-state index contributed by atoms with van der Waals surface area (Å²) in [5, 5.41) is 0.416. The van der Waals surface area contributed by atoms with Gasteiger partial charge < -0.3 is 4.84 Å². The SMILES string of the molecule is CCC(=O)C(Br)C(=O)ON1C(=O)CCC1=O. The average Bonchev–Trinajstić information content (AvgIpc) is 2.58. The first-order chi connectivity index (χ1) is 7.47. The molecule has 1 saturated heterocycles. The van der Waals surface area contributed by atoms with Gasteiger partial charge in [0.2, 0.25) is 0 Å². The second-order valence-corrected chi connectivity index (χ2v) is 4.09. The zero-order chi connectivity index (χ0) is 12.3. The van der Waals surface area contributed by atoms with Crippen LogP contribution in [0.1, 0.15) is 26.2 Å². The highest BCUT2D eigenvalue weighted by Gasteiger charge is 2.35. The molecule has 6 nitrogen and oxygen atoms in total. The van der Waals surface area contributed by atoms with Gasteiger partial charge in [-0.25, -0.2) is 4.79 Å². The summed E-state index contributed by atoms with van der Waals surface area (Å²) >= 11 is 2.84. The normalized spacial score (nSPS) is 17.5. The maximum absolute atomic E-state index is 11.4. The number of nitrogens with zero attached hydrogens (tertiary/aromatic N) is 1. The van der Waals surface area contributed by atoms with Crippen molar-refractivity contribution in [1.29, 1.82) is 0 Å². The first kappa shape index (κ1) is 12.8. The Morgan fingerprint density at radius 1 is 1.38 bits per heavy atom. The van der Waals surface area contributed by atoms with Crippen LogP contribution in [0.3, 0.4) is 0 Å². The van der Waals surface area contributed by atoms with Crippen molar-refractivity contribution in [3.05, 3.63) is 0 Å². The van der Waals surface area contributed by atoms with Crippen molar-refractivity contribution in [2.75, 3.05) is 0 Å². The summed E-state index contributed by atoms with van der Waals surface area (Å²) < 4.78 is 0. The Morgan fingerprint density at radius 2 is 1.88 bits per heavy atom. The number of carbonyl (C=O) groups is 4. The zero-order valence-electron chi connectivity index (χ0n) is 8.57. The number of amides is 2. The third kappa shape index (κ3) is 2.66. The van der Waals surface area contributed by atoms with E-state index in [4.69, 9.17) is 0 Å². The van der Waals surface area contributed by atoms with E-state index in [2.05, 4.69) is 20.8 Å². The summed E-state index contributed by atoms with van der Waals surface area (Å²) in [6, 6.07) is 0. The number of hydrogen-bond acceptors (Lipinski definition) is 5. The van der Waals surface area contributed by atoms with Crippen molar-refractivity contribution in [3.63, 3.8) is 0 Å². The lowest BCUT2D eigenvalue weighted by molar-refractivity contribution is -0.197. The summed E-state index contributed by atoms with van der Waals surface area (Å²) in [6.45, 7) is 1.59. The van der Waals surface area contributed by atoms with Gasteiger partial charge in [0, 0.05) is 19.3 Å². The van der Waals surface area contributed by atoms with E-state index in [9.17, 15) is 19.2 Å². The second-order valence-electron chi connectivity index (χ2n) is 3.17. The fourth-order valence-electron chi connectivity index (χ4n) is 1.10. The van der Waals surface area contributed by atoms with E-state index in [0.717, 1.165) is 0 Å². The number of imide groups is 1. The minimum absolute atomic E-state index is 0.0286. The van der Waals surface area contributed by atoms with Crippen molar-refractivity contribution in [1.82, 2.24) is 5.06 Å². The second kappa shape index (κ2) is 5.20. The molecule has 88 valence electrons. The van der Waals surface area contributed by atoms with Gasteiger partial charge in [-0.05, 0) is 0 Å². The molecule has 1 aliphatic heterocycles. The number of halogens is 1. The molecule has 0 aromatic heterocycles. The molecule has 0 bridgehead atoms. The van der Waals surface area contributed by atoms with Crippen LogP contribution in [0, 0.1) is 0 Å². The summed E-state index contributed by atoms with van der Waals surface area (Å²) in [5.74, 6) is -2.46. The molecule has 1 unspecified atom stereocenters. The summed E-state index contributed by atoms with van der Waals surface area (Å²) in [7, 11) is 0. The van der Waals surface area contributed by atoms with Crippen molar-refractivity contribution in [2.45, 2.75) is 31.0 Å². The third-order valence-corrected chi connectivity index (χ3v) is 2.91. The molecule has 0 spiro atoms. The molecule has 1 atom stereocenters. The first-order valence-corrected chi connectivity index (χ1v) is 5.63. The lowest BCUT2D eigenvalue weighted by Gasteiger charge is -2.14. The van der Waals surface area contributed by atoms with E-state index in [1.165, 1.54) is 0 Å². The number of hydrogen-bond donors (Lipinski definition) is 0. The fraction of sp³-hybridized carbons (Fsp3) is 0.556. The van der Waals surface area contributed by atoms with Crippen LogP contribution >= 0.6 is 15.9 Å². The van der Waals surface area contributed by atoms with Crippen molar-refractivity contribution >= 4 is 39.5 Å². The quantitative estimate of drug-likeness (QED) is 0.424. The minimum atomic E-state index is -1.14. The number of rotatable bonds is 4. The van der Waals surface area contributed by atoms with Gasteiger partial charge in [0.25, 0.3) is 11.8 Å². The third-order valence-electron chi connectivity index (χ3n) is 2.03. The standard InChI is InChI=1S/C9H10BrNO5/c1-2-5(12)8(10)9(15)16-11-6(13)3-4-7(11)14/h8H,2-4H2,1H3. The van der Waals surface area contributed by atoms with Crippen molar-refractivity contribution in [3.8, 4) is 0 Å². The van der Waals surface area contributed by atoms with E-state index in [-0.39, 0.29) is 25.0 Å². The Hall–Kier alpha value is -1.24. The molecule has 16 heavy (non-hydrogen) atoms. The minimum Gasteiger partial charge on any atom is -0.329 e. The van der Waals surface area contributed by atoms with Crippen LogP contribution in [0.4, 0.5) is 0 Å². The predicted molar refractivity (Wildman–Crippen MR) is 55.2 cm³/mol. The van der Waals surface area contributed by atoms with Crippen LogP contribution in [-0.2, 0) is 24.0 Å². The highest BCUT2D eigenvalue weighted by Crippen LogP contribution is 2.15. The van der Waals surface area contributed by atoms with Crippen LogP contribution in [-0.4, -0.2) is 33.5 Å². The Bertz CT molecular complexity index is 338. The molecule has 1 heterocycles. The van der Waals surface area contributed by atoms with Gasteiger partial charge >= 0.3 is 5.97 Å². The van der Waals surface area contributed by atoms with Gasteiger partial charge in [0.1, 0.15) is 0 Å². The fourth-order valence-corrected chi connectivity index (χ4v) is 1.51. The maximum atomic E-state index is 11.4. The van der Waals surface area contributed by atoms with Gasteiger partial charge in [-0.1, -0.05) is 22.9 Å². The Morgan fingerprint density at radius 3 is 2.31 bits per heavy atom. The Balaban J connectivity index is 2.60. The number of alkyl halides is 1. The largest absolute Gasteiger partial charge is 0.354 e. The van der Waals surface area contributed by atoms with E-state index >= 15 is 0 Å². The zero-order valence-corrected chi connectivity index (χ0v) is 10.2. The van der Waals surface area contributed by atoms with Crippen molar-refractivity contribution < 1.29 is 24.0 Å². The Kier molecular flexibility index (Phi) is 4.17. The van der Waals surface area contributed by atoms with E-state index in [1.54, 1.807) is 6.92 Å².